The van der Waals surface area contributed by atoms with Crippen molar-refractivity contribution in [3.05, 3.63) is 49.7 Å². The summed E-state index contributed by atoms with van der Waals surface area (Å²) in [6.07, 6.45) is 3.52. The summed E-state index contributed by atoms with van der Waals surface area (Å²) in [6, 6.07) is 7.69. The van der Waals surface area contributed by atoms with Crippen LogP contribution in [-0.4, -0.2) is 4.98 Å². The Morgan fingerprint density at radius 3 is 2.75 bits per heavy atom. The number of benzene rings is 1. The fourth-order valence-electron chi connectivity index (χ4n) is 1.23. The molecule has 1 N–H and O–H groups in total. The van der Waals surface area contributed by atoms with Crippen LogP contribution in [0.1, 0.15) is 0 Å². The molecule has 1 aromatic heterocycles. The monoisotopic (exact) mass is 408 g/mol. The first-order valence-corrected chi connectivity index (χ1v) is 6.73. The molecular weight excluding hydrogens is 402 g/mol. The second-order valence-corrected chi connectivity index (χ2v) is 5.66. The largest absolute Gasteiger partial charge is 0.353 e. The molecule has 0 amide bonds. The molecular formula is C11H7BrClIN2. The van der Waals surface area contributed by atoms with Crippen molar-refractivity contribution in [2.45, 2.75) is 0 Å². The number of pyridine rings is 1. The van der Waals surface area contributed by atoms with E-state index in [4.69, 9.17) is 11.6 Å². The number of anilines is 2. The average molecular weight is 409 g/mol. The first-order chi connectivity index (χ1) is 7.65. The van der Waals surface area contributed by atoms with E-state index in [9.17, 15) is 0 Å². The standard InChI is InChI=1S/C11H7BrClIN2/c12-7-3-9(6-15-5-7)16-11-2-1-8(13)4-10(11)14/h1-6,16H. The highest BCUT2D eigenvalue weighted by molar-refractivity contribution is 14.1. The van der Waals surface area contributed by atoms with Crippen molar-refractivity contribution in [3.8, 4) is 0 Å². The Morgan fingerprint density at radius 1 is 1.25 bits per heavy atom. The van der Waals surface area contributed by atoms with Gasteiger partial charge in [0.05, 0.1) is 17.6 Å². The zero-order valence-corrected chi connectivity index (χ0v) is 12.5. The molecule has 0 aliphatic heterocycles. The van der Waals surface area contributed by atoms with E-state index in [1.54, 1.807) is 12.4 Å². The van der Waals surface area contributed by atoms with E-state index >= 15 is 0 Å². The van der Waals surface area contributed by atoms with Crippen LogP contribution in [0.15, 0.2) is 41.1 Å². The molecule has 0 atom stereocenters. The Bertz CT molecular complexity index is 519. The summed E-state index contributed by atoms with van der Waals surface area (Å²) < 4.78 is 2.02. The molecule has 0 unspecified atom stereocenters. The van der Waals surface area contributed by atoms with Gasteiger partial charge in [0.25, 0.3) is 0 Å². The number of nitrogens with zero attached hydrogens (tertiary/aromatic N) is 1. The number of aromatic nitrogens is 1. The van der Waals surface area contributed by atoms with Gasteiger partial charge in [-0.05, 0) is 62.8 Å². The summed E-state index contributed by atoms with van der Waals surface area (Å²) >= 11 is 11.5. The molecule has 82 valence electrons. The number of hydrogen-bond donors (Lipinski definition) is 1. The van der Waals surface area contributed by atoms with Gasteiger partial charge in [0.15, 0.2) is 0 Å². The van der Waals surface area contributed by atoms with Gasteiger partial charge >= 0.3 is 0 Å². The zero-order chi connectivity index (χ0) is 11.5. The SMILES string of the molecule is Clc1ccc(Nc2cncc(Br)c2)c(I)c1. The van der Waals surface area contributed by atoms with E-state index in [0.29, 0.717) is 0 Å². The van der Waals surface area contributed by atoms with Crippen LogP contribution in [0, 0.1) is 3.57 Å². The number of nitrogens with one attached hydrogen (secondary N) is 1. The van der Waals surface area contributed by atoms with Crippen LogP contribution < -0.4 is 5.32 Å². The Labute approximate surface area is 121 Å². The molecule has 5 heteroatoms. The third kappa shape index (κ3) is 3.09. The van der Waals surface area contributed by atoms with Crippen molar-refractivity contribution < 1.29 is 0 Å². The third-order valence-corrected chi connectivity index (χ3v) is 3.48. The van der Waals surface area contributed by atoms with Gasteiger partial charge in [-0.2, -0.15) is 0 Å². The number of rotatable bonds is 2. The van der Waals surface area contributed by atoms with Crippen LogP contribution in [0.3, 0.4) is 0 Å². The summed E-state index contributed by atoms with van der Waals surface area (Å²) in [4.78, 5) is 4.09. The van der Waals surface area contributed by atoms with Gasteiger partial charge in [0.1, 0.15) is 0 Å². The van der Waals surface area contributed by atoms with Crippen LogP contribution in [0.5, 0.6) is 0 Å². The highest BCUT2D eigenvalue weighted by Gasteiger charge is 2.01. The minimum Gasteiger partial charge on any atom is -0.353 e. The summed E-state index contributed by atoms with van der Waals surface area (Å²) in [7, 11) is 0. The lowest BCUT2D eigenvalue weighted by atomic mass is 10.3. The molecule has 0 spiro atoms. The quantitative estimate of drug-likeness (QED) is 0.718. The molecule has 0 aliphatic carbocycles. The lowest BCUT2D eigenvalue weighted by Crippen LogP contribution is -1.93. The molecule has 16 heavy (non-hydrogen) atoms. The minimum absolute atomic E-state index is 0.738. The number of hydrogen-bond acceptors (Lipinski definition) is 2. The van der Waals surface area contributed by atoms with Crippen LogP contribution in [0.2, 0.25) is 5.02 Å². The Morgan fingerprint density at radius 2 is 2.06 bits per heavy atom. The van der Waals surface area contributed by atoms with E-state index in [0.717, 1.165) is 24.4 Å². The topological polar surface area (TPSA) is 24.9 Å². The number of halogens is 3. The predicted molar refractivity (Wildman–Crippen MR) is 79.4 cm³/mol. The summed E-state index contributed by atoms with van der Waals surface area (Å²) in [5.74, 6) is 0. The lowest BCUT2D eigenvalue weighted by molar-refractivity contribution is 1.30. The van der Waals surface area contributed by atoms with E-state index < -0.39 is 0 Å². The van der Waals surface area contributed by atoms with E-state index in [-0.39, 0.29) is 0 Å². The molecule has 2 rings (SSSR count). The zero-order valence-electron chi connectivity index (χ0n) is 8.05. The fraction of sp³-hybridized carbons (Fsp3) is 0. The van der Waals surface area contributed by atoms with Crippen LogP contribution in [0.4, 0.5) is 11.4 Å². The van der Waals surface area contributed by atoms with Crippen molar-refractivity contribution in [3.63, 3.8) is 0 Å². The molecule has 0 saturated heterocycles. The van der Waals surface area contributed by atoms with Gasteiger partial charge in [-0.3, -0.25) is 4.98 Å². The average Bonchev–Trinajstić information content (AvgIpc) is 2.22. The molecule has 1 heterocycles. The molecule has 0 fully saturated rings. The molecule has 2 nitrogen and oxygen atoms in total. The van der Waals surface area contributed by atoms with Crippen molar-refractivity contribution in [2.24, 2.45) is 0 Å². The molecule has 0 bridgehead atoms. The fourth-order valence-corrected chi connectivity index (χ4v) is 2.60. The predicted octanol–water partition coefficient (Wildman–Crippen LogP) is 4.85. The van der Waals surface area contributed by atoms with Crippen molar-refractivity contribution in [2.75, 3.05) is 5.32 Å². The smallest absolute Gasteiger partial charge is 0.0582 e. The normalized spacial score (nSPS) is 10.2. The van der Waals surface area contributed by atoms with Gasteiger partial charge in [0.2, 0.25) is 0 Å². The first-order valence-electron chi connectivity index (χ1n) is 4.48. The maximum Gasteiger partial charge on any atom is 0.0582 e. The van der Waals surface area contributed by atoms with Gasteiger partial charge in [-0.1, -0.05) is 11.6 Å². The molecule has 0 radical (unpaired) electrons. The highest BCUT2D eigenvalue weighted by Crippen LogP contribution is 2.26. The maximum absolute atomic E-state index is 5.89. The van der Waals surface area contributed by atoms with Crippen molar-refractivity contribution in [1.82, 2.24) is 4.98 Å². The van der Waals surface area contributed by atoms with Gasteiger partial charge in [-0.25, -0.2) is 0 Å². The van der Waals surface area contributed by atoms with Gasteiger partial charge in [0, 0.05) is 19.3 Å². The molecule has 0 aliphatic rings. The van der Waals surface area contributed by atoms with Crippen LogP contribution in [-0.2, 0) is 0 Å². The highest BCUT2D eigenvalue weighted by atomic mass is 127. The van der Waals surface area contributed by atoms with Crippen LogP contribution in [0.25, 0.3) is 0 Å². The van der Waals surface area contributed by atoms with E-state index in [1.165, 1.54) is 0 Å². The van der Waals surface area contributed by atoms with Gasteiger partial charge in [-0.15, -0.1) is 0 Å². The van der Waals surface area contributed by atoms with Crippen molar-refractivity contribution >= 4 is 61.5 Å². The van der Waals surface area contributed by atoms with Crippen LogP contribution >= 0.6 is 50.1 Å². The molecule has 2 aromatic rings. The lowest BCUT2D eigenvalue weighted by Gasteiger charge is -2.08. The second-order valence-electron chi connectivity index (χ2n) is 3.14. The Hall–Kier alpha value is -0.330. The van der Waals surface area contributed by atoms with Crippen molar-refractivity contribution in [1.29, 1.82) is 0 Å². The summed E-state index contributed by atoms with van der Waals surface area (Å²) in [5.41, 5.74) is 1.96. The first kappa shape index (κ1) is 12.1. The maximum atomic E-state index is 5.89. The third-order valence-electron chi connectivity index (χ3n) is 1.92. The minimum atomic E-state index is 0.738. The Balaban J connectivity index is 2.27. The van der Waals surface area contributed by atoms with Gasteiger partial charge < -0.3 is 5.32 Å². The van der Waals surface area contributed by atoms with E-state index in [1.807, 2.05) is 24.3 Å². The summed E-state index contributed by atoms with van der Waals surface area (Å²) in [5, 5.41) is 4.02. The second kappa shape index (κ2) is 5.33. The molecule has 0 saturated carbocycles. The summed E-state index contributed by atoms with van der Waals surface area (Å²) in [6.45, 7) is 0. The Kier molecular flexibility index (Phi) is 4.05. The molecule has 1 aromatic carbocycles. The van der Waals surface area contributed by atoms with E-state index in [2.05, 4.69) is 48.8 Å².